The summed E-state index contributed by atoms with van der Waals surface area (Å²) in [4.78, 5) is 9.13. The molecule has 0 saturated carbocycles. The fourth-order valence-corrected chi connectivity index (χ4v) is 2.61. The average Bonchev–Trinajstić information content (AvgIpc) is 3.16. The van der Waals surface area contributed by atoms with E-state index in [0.29, 0.717) is 0 Å². The standard InChI is InChI=1S/C17H16N4/c1-12-6-9-21-11-15(20-16(21)10-12)13-2-4-14(5-3-13)17-18-7-8-19-17/h2-6,9-11H,7-8H2,1H3,(H,18,19). The van der Waals surface area contributed by atoms with E-state index in [1.54, 1.807) is 0 Å². The van der Waals surface area contributed by atoms with Gasteiger partial charge in [-0.05, 0) is 24.6 Å². The molecule has 0 spiro atoms. The highest BCUT2D eigenvalue weighted by Crippen LogP contribution is 2.20. The minimum absolute atomic E-state index is 0.864. The number of rotatable bonds is 2. The van der Waals surface area contributed by atoms with Crippen LogP contribution in [0.15, 0.2) is 53.8 Å². The van der Waals surface area contributed by atoms with Gasteiger partial charge in [-0.3, -0.25) is 4.99 Å². The zero-order valence-electron chi connectivity index (χ0n) is 11.9. The molecule has 0 aliphatic carbocycles. The van der Waals surface area contributed by atoms with Crippen LogP contribution >= 0.6 is 0 Å². The van der Waals surface area contributed by atoms with E-state index < -0.39 is 0 Å². The molecular weight excluding hydrogens is 260 g/mol. The van der Waals surface area contributed by atoms with E-state index in [1.165, 1.54) is 5.56 Å². The maximum atomic E-state index is 4.69. The first kappa shape index (κ1) is 12.1. The number of hydrogen-bond donors (Lipinski definition) is 1. The van der Waals surface area contributed by atoms with E-state index in [9.17, 15) is 0 Å². The first-order chi connectivity index (χ1) is 10.3. The molecule has 104 valence electrons. The molecule has 0 fully saturated rings. The van der Waals surface area contributed by atoms with E-state index in [2.05, 4.69) is 69.2 Å². The van der Waals surface area contributed by atoms with E-state index in [0.717, 1.165) is 41.4 Å². The second-order valence-corrected chi connectivity index (χ2v) is 5.33. The highest BCUT2D eigenvalue weighted by molar-refractivity contribution is 6.00. The second kappa shape index (κ2) is 4.74. The molecule has 2 aromatic heterocycles. The molecule has 0 unspecified atom stereocenters. The lowest BCUT2D eigenvalue weighted by molar-refractivity contribution is 0.960. The van der Waals surface area contributed by atoms with Crippen molar-refractivity contribution in [2.24, 2.45) is 4.99 Å². The number of pyridine rings is 1. The molecule has 3 aromatic rings. The maximum absolute atomic E-state index is 4.69. The smallest absolute Gasteiger partial charge is 0.137 e. The van der Waals surface area contributed by atoms with E-state index in [1.807, 2.05) is 6.20 Å². The van der Waals surface area contributed by atoms with Crippen LogP contribution in [0, 0.1) is 6.92 Å². The van der Waals surface area contributed by atoms with Crippen molar-refractivity contribution in [3.63, 3.8) is 0 Å². The molecule has 4 heteroatoms. The first-order valence-electron chi connectivity index (χ1n) is 7.14. The lowest BCUT2D eigenvalue weighted by Gasteiger charge is -2.03. The topological polar surface area (TPSA) is 41.7 Å². The van der Waals surface area contributed by atoms with Gasteiger partial charge >= 0.3 is 0 Å². The van der Waals surface area contributed by atoms with Gasteiger partial charge in [0.2, 0.25) is 0 Å². The summed E-state index contributed by atoms with van der Waals surface area (Å²) in [7, 11) is 0. The Morgan fingerprint density at radius 3 is 2.67 bits per heavy atom. The van der Waals surface area contributed by atoms with Crippen molar-refractivity contribution < 1.29 is 0 Å². The van der Waals surface area contributed by atoms with Gasteiger partial charge in [-0.2, -0.15) is 0 Å². The van der Waals surface area contributed by atoms with Gasteiger partial charge in [-0.1, -0.05) is 24.3 Å². The summed E-state index contributed by atoms with van der Waals surface area (Å²) < 4.78 is 2.05. The van der Waals surface area contributed by atoms with Crippen molar-refractivity contribution in [3.05, 3.63) is 59.9 Å². The number of fused-ring (bicyclic) bond motifs is 1. The van der Waals surface area contributed by atoms with E-state index in [4.69, 9.17) is 0 Å². The average molecular weight is 276 g/mol. The molecule has 0 amide bonds. The number of nitrogens with zero attached hydrogens (tertiary/aromatic N) is 3. The summed E-state index contributed by atoms with van der Waals surface area (Å²) in [5, 5.41) is 3.29. The molecule has 0 radical (unpaired) electrons. The van der Waals surface area contributed by atoms with E-state index in [-0.39, 0.29) is 0 Å². The van der Waals surface area contributed by atoms with Gasteiger partial charge in [0.05, 0.1) is 12.2 Å². The highest BCUT2D eigenvalue weighted by Gasteiger charge is 2.09. The Morgan fingerprint density at radius 2 is 1.90 bits per heavy atom. The number of benzene rings is 1. The number of hydrogen-bond acceptors (Lipinski definition) is 3. The van der Waals surface area contributed by atoms with Crippen LogP contribution in [0.4, 0.5) is 0 Å². The minimum atomic E-state index is 0.864. The molecule has 4 nitrogen and oxygen atoms in total. The summed E-state index contributed by atoms with van der Waals surface area (Å²) in [5.41, 5.74) is 5.46. The van der Waals surface area contributed by atoms with Gasteiger partial charge in [0.15, 0.2) is 0 Å². The molecular formula is C17H16N4. The van der Waals surface area contributed by atoms with Gasteiger partial charge in [0.25, 0.3) is 0 Å². The Bertz CT molecular complexity index is 828. The van der Waals surface area contributed by atoms with Crippen LogP contribution in [0.1, 0.15) is 11.1 Å². The van der Waals surface area contributed by atoms with Crippen molar-refractivity contribution in [2.75, 3.05) is 13.1 Å². The Morgan fingerprint density at radius 1 is 1.10 bits per heavy atom. The third kappa shape index (κ3) is 2.18. The molecule has 0 saturated heterocycles. The Labute approximate surface area is 123 Å². The predicted molar refractivity (Wildman–Crippen MR) is 84.8 cm³/mol. The molecule has 0 bridgehead atoms. The SMILES string of the molecule is Cc1ccn2cc(-c3ccc(C4=NCCN4)cc3)nc2c1. The quantitative estimate of drug-likeness (QED) is 0.782. The zero-order valence-corrected chi connectivity index (χ0v) is 11.9. The third-order valence-corrected chi connectivity index (χ3v) is 3.74. The highest BCUT2D eigenvalue weighted by atomic mass is 15.1. The molecule has 1 N–H and O–H groups in total. The van der Waals surface area contributed by atoms with Crippen LogP contribution in [-0.4, -0.2) is 28.3 Å². The third-order valence-electron chi connectivity index (χ3n) is 3.74. The van der Waals surface area contributed by atoms with Crippen molar-refractivity contribution in [1.29, 1.82) is 0 Å². The van der Waals surface area contributed by atoms with Crippen LogP contribution in [-0.2, 0) is 0 Å². The summed E-state index contributed by atoms with van der Waals surface area (Å²) in [6, 6.07) is 12.6. The second-order valence-electron chi connectivity index (χ2n) is 5.33. The molecule has 1 aliphatic rings. The Balaban J connectivity index is 1.71. The van der Waals surface area contributed by atoms with Crippen LogP contribution in [0.25, 0.3) is 16.9 Å². The van der Waals surface area contributed by atoms with Crippen molar-refractivity contribution in [1.82, 2.24) is 14.7 Å². The summed E-state index contributed by atoms with van der Waals surface area (Å²) in [5.74, 6) is 0.993. The molecule has 1 aromatic carbocycles. The van der Waals surface area contributed by atoms with Crippen LogP contribution in [0.5, 0.6) is 0 Å². The summed E-state index contributed by atoms with van der Waals surface area (Å²) >= 11 is 0. The Hall–Kier alpha value is -2.62. The lowest BCUT2D eigenvalue weighted by Crippen LogP contribution is -2.19. The van der Waals surface area contributed by atoms with Gasteiger partial charge in [-0.15, -0.1) is 0 Å². The number of nitrogens with one attached hydrogen (secondary N) is 1. The van der Waals surface area contributed by atoms with Gasteiger partial charge in [0.1, 0.15) is 11.5 Å². The molecule has 0 atom stereocenters. The molecule has 4 rings (SSSR count). The monoisotopic (exact) mass is 276 g/mol. The van der Waals surface area contributed by atoms with Gasteiger partial charge in [0, 0.05) is 30.1 Å². The van der Waals surface area contributed by atoms with E-state index >= 15 is 0 Å². The fraction of sp³-hybridized carbons (Fsp3) is 0.176. The maximum Gasteiger partial charge on any atom is 0.137 e. The number of amidine groups is 1. The van der Waals surface area contributed by atoms with Crippen LogP contribution in [0.3, 0.4) is 0 Å². The fourth-order valence-electron chi connectivity index (χ4n) is 2.61. The largest absolute Gasteiger partial charge is 0.368 e. The number of imidazole rings is 1. The van der Waals surface area contributed by atoms with Crippen LogP contribution in [0.2, 0.25) is 0 Å². The Kier molecular flexibility index (Phi) is 2.74. The molecule has 1 aliphatic heterocycles. The normalized spacial score (nSPS) is 14.2. The van der Waals surface area contributed by atoms with Crippen LogP contribution < -0.4 is 5.32 Å². The molecule has 21 heavy (non-hydrogen) atoms. The molecule has 3 heterocycles. The number of aromatic nitrogens is 2. The predicted octanol–water partition coefficient (Wildman–Crippen LogP) is 2.66. The first-order valence-corrected chi connectivity index (χ1v) is 7.14. The zero-order chi connectivity index (χ0) is 14.2. The summed E-state index contributed by atoms with van der Waals surface area (Å²) in [6.45, 7) is 3.88. The van der Waals surface area contributed by atoms with Gasteiger partial charge < -0.3 is 9.72 Å². The van der Waals surface area contributed by atoms with Crippen molar-refractivity contribution in [2.45, 2.75) is 6.92 Å². The van der Waals surface area contributed by atoms with Gasteiger partial charge in [-0.25, -0.2) is 4.98 Å². The van der Waals surface area contributed by atoms with Crippen molar-refractivity contribution in [3.8, 4) is 11.3 Å². The minimum Gasteiger partial charge on any atom is -0.368 e. The lowest BCUT2D eigenvalue weighted by atomic mass is 10.1. The van der Waals surface area contributed by atoms with Crippen molar-refractivity contribution >= 4 is 11.5 Å². The number of aliphatic imine (C=N–C) groups is 1. The number of aryl methyl sites for hydroxylation is 1. The summed E-state index contributed by atoms with van der Waals surface area (Å²) in [6.07, 6.45) is 4.11.